The van der Waals surface area contributed by atoms with Crippen molar-refractivity contribution in [2.75, 3.05) is 0 Å². The van der Waals surface area contributed by atoms with Gasteiger partial charge in [-0.05, 0) is 47.6 Å². The molecule has 0 amide bonds. The van der Waals surface area contributed by atoms with Crippen LogP contribution in [0.1, 0.15) is 41.5 Å². The molecule has 1 aromatic carbocycles. The highest BCUT2D eigenvalue weighted by atomic mass is 35.5. The minimum absolute atomic E-state index is 0.393. The van der Waals surface area contributed by atoms with Crippen molar-refractivity contribution < 1.29 is 14.4 Å². The van der Waals surface area contributed by atoms with Crippen LogP contribution in [-0.4, -0.2) is 38.8 Å². The van der Waals surface area contributed by atoms with Gasteiger partial charge in [-0.2, -0.15) is 5.10 Å². The van der Waals surface area contributed by atoms with Crippen LogP contribution >= 0.6 is 11.6 Å². The third-order valence-electron chi connectivity index (χ3n) is 4.76. The Bertz CT molecular complexity index is 764. The lowest BCUT2D eigenvalue weighted by Crippen LogP contribution is -2.41. The Labute approximate surface area is 148 Å². The van der Waals surface area contributed by atoms with Gasteiger partial charge in [-0.1, -0.05) is 17.7 Å². The monoisotopic (exact) mass is 350 g/mol. The summed E-state index contributed by atoms with van der Waals surface area (Å²) in [6, 6.07) is 3.80. The average Bonchev–Trinajstić information content (AvgIpc) is 2.87. The predicted molar refractivity (Wildman–Crippen MR) is 96.8 cm³/mol. The van der Waals surface area contributed by atoms with Crippen molar-refractivity contribution in [3.05, 3.63) is 23.4 Å². The van der Waals surface area contributed by atoms with E-state index in [9.17, 15) is 5.11 Å². The van der Waals surface area contributed by atoms with Gasteiger partial charge < -0.3 is 14.4 Å². The molecule has 2 heterocycles. The molecule has 0 spiro atoms. The molecule has 0 aliphatic carbocycles. The Morgan fingerprint density at radius 3 is 2.33 bits per heavy atom. The van der Waals surface area contributed by atoms with Gasteiger partial charge in [0.1, 0.15) is 0 Å². The second kappa shape index (κ2) is 5.46. The summed E-state index contributed by atoms with van der Waals surface area (Å²) in [4.78, 5) is 0. The van der Waals surface area contributed by atoms with Gasteiger partial charge in [0.2, 0.25) is 0 Å². The summed E-state index contributed by atoms with van der Waals surface area (Å²) in [6.45, 7) is 11.9. The molecule has 5 nitrogen and oxygen atoms in total. The number of fused-ring (bicyclic) bond motifs is 1. The van der Waals surface area contributed by atoms with Crippen molar-refractivity contribution in [2.45, 2.75) is 64.9 Å². The molecule has 0 unspecified atom stereocenters. The fourth-order valence-electron chi connectivity index (χ4n) is 2.76. The van der Waals surface area contributed by atoms with Crippen molar-refractivity contribution in [3.8, 4) is 0 Å². The van der Waals surface area contributed by atoms with E-state index < -0.39 is 23.9 Å². The molecule has 1 aromatic heterocycles. The smallest absolute Gasteiger partial charge is 0.399 e. The zero-order valence-corrected chi connectivity index (χ0v) is 15.8. The summed E-state index contributed by atoms with van der Waals surface area (Å²) in [5.41, 5.74) is -0.0966. The molecule has 1 N–H and O–H groups in total. The van der Waals surface area contributed by atoms with Crippen LogP contribution in [0.2, 0.25) is 5.02 Å². The van der Waals surface area contributed by atoms with Gasteiger partial charge in [0.05, 0.1) is 33.9 Å². The molecule has 2 aromatic rings. The van der Waals surface area contributed by atoms with E-state index in [0.717, 1.165) is 16.4 Å². The second-order valence-corrected chi connectivity index (χ2v) is 8.51. The van der Waals surface area contributed by atoms with Gasteiger partial charge in [-0.25, -0.2) is 0 Å². The molecule has 0 radical (unpaired) electrons. The highest BCUT2D eigenvalue weighted by Gasteiger charge is 2.52. The minimum atomic E-state index is -0.844. The lowest BCUT2D eigenvalue weighted by Gasteiger charge is -2.32. The third kappa shape index (κ3) is 3.08. The largest absolute Gasteiger partial charge is 0.496 e. The molecule has 0 bridgehead atoms. The molecular formula is C17H24BClN2O3. The predicted octanol–water partition coefficient (Wildman–Crippen LogP) is 2.76. The highest BCUT2D eigenvalue weighted by molar-refractivity contribution is 6.66. The number of hydrogen-bond acceptors (Lipinski definition) is 4. The first-order valence-corrected chi connectivity index (χ1v) is 8.51. The number of aliphatic hydroxyl groups is 1. The van der Waals surface area contributed by atoms with Crippen LogP contribution in [0, 0.1) is 0 Å². The number of halogens is 1. The summed E-state index contributed by atoms with van der Waals surface area (Å²) in [5.74, 6) is 0. The first kappa shape index (κ1) is 17.7. The topological polar surface area (TPSA) is 56.5 Å². The van der Waals surface area contributed by atoms with Crippen molar-refractivity contribution >= 4 is 35.1 Å². The van der Waals surface area contributed by atoms with E-state index >= 15 is 0 Å². The van der Waals surface area contributed by atoms with E-state index in [1.54, 1.807) is 18.5 Å². The lowest BCUT2D eigenvalue weighted by atomic mass is 9.78. The van der Waals surface area contributed by atoms with Gasteiger partial charge in [-0.15, -0.1) is 0 Å². The molecule has 3 rings (SSSR count). The van der Waals surface area contributed by atoms with Crippen molar-refractivity contribution in [1.82, 2.24) is 9.78 Å². The number of rotatable bonds is 3. The first-order chi connectivity index (χ1) is 10.9. The minimum Gasteiger partial charge on any atom is -0.399 e. The Morgan fingerprint density at radius 1 is 1.21 bits per heavy atom. The van der Waals surface area contributed by atoms with Crippen molar-refractivity contribution in [1.29, 1.82) is 0 Å². The lowest BCUT2D eigenvalue weighted by molar-refractivity contribution is 0.00578. The summed E-state index contributed by atoms with van der Waals surface area (Å²) in [5, 5.41) is 15.9. The number of aromatic nitrogens is 2. The van der Waals surface area contributed by atoms with Crippen LogP contribution in [0.25, 0.3) is 10.9 Å². The highest BCUT2D eigenvalue weighted by Crippen LogP contribution is 2.37. The molecule has 7 heteroatoms. The Balaban J connectivity index is 1.98. The van der Waals surface area contributed by atoms with E-state index in [-0.39, 0.29) is 0 Å². The summed E-state index contributed by atoms with van der Waals surface area (Å²) >= 11 is 6.62. The van der Waals surface area contributed by atoms with Gasteiger partial charge in [0, 0.05) is 17.0 Å². The van der Waals surface area contributed by atoms with Gasteiger partial charge in [-0.3, -0.25) is 4.68 Å². The fraction of sp³-hybridized carbons (Fsp3) is 0.588. The maximum Gasteiger partial charge on any atom is 0.496 e. The first-order valence-electron chi connectivity index (χ1n) is 8.13. The van der Waals surface area contributed by atoms with Gasteiger partial charge >= 0.3 is 7.12 Å². The van der Waals surface area contributed by atoms with Crippen LogP contribution in [0.15, 0.2) is 18.3 Å². The zero-order chi connectivity index (χ0) is 17.9. The number of nitrogens with zero attached hydrogens (tertiary/aromatic N) is 2. The summed E-state index contributed by atoms with van der Waals surface area (Å²) in [7, 11) is -0.510. The zero-order valence-electron chi connectivity index (χ0n) is 15.1. The van der Waals surface area contributed by atoms with Crippen LogP contribution in [0.3, 0.4) is 0 Å². The van der Waals surface area contributed by atoms with Gasteiger partial charge in [0.25, 0.3) is 0 Å². The van der Waals surface area contributed by atoms with Crippen molar-refractivity contribution in [3.63, 3.8) is 0 Å². The molecule has 24 heavy (non-hydrogen) atoms. The van der Waals surface area contributed by atoms with E-state index in [1.165, 1.54) is 0 Å². The third-order valence-corrected chi connectivity index (χ3v) is 5.18. The number of benzene rings is 1. The standard InChI is InChI=1S/C17H24BClN2O3/c1-15(2,22)10-21-9-11-13(20-21)8-7-12(14(11)19)18-23-16(3,4)17(5,6)24-18/h7-9,22H,10H2,1-6H3. The van der Waals surface area contributed by atoms with E-state index in [4.69, 9.17) is 20.9 Å². The maximum atomic E-state index is 9.97. The molecule has 130 valence electrons. The molecule has 1 saturated heterocycles. The molecule has 0 atom stereocenters. The Morgan fingerprint density at radius 2 is 1.79 bits per heavy atom. The Kier molecular flexibility index (Phi) is 4.04. The molecule has 0 saturated carbocycles. The molecule has 1 aliphatic heterocycles. The summed E-state index contributed by atoms with van der Waals surface area (Å²) in [6.07, 6.45) is 1.85. The summed E-state index contributed by atoms with van der Waals surface area (Å²) < 4.78 is 13.9. The van der Waals surface area contributed by atoms with Crippen LogP contribution in [-0.2, 0) is 15.9 Å². The van der Waals surface area contributed by atoms with E-state index in [1.807, 2.05) is 46.0 Å². The fourth-order valence-corrected chi connectivity index (χ4v) is 3.05. The quantitative estimate of drug-likeness (QED) is 0.865. The molecule has 1 aliphatic rings. The molecular weight excluding hydrogens is 326 g/mol. The van der Waals surface area contributed by atoms with Crippen LogP contribution in [0.4, 0.5) is 0 Å². The van der Waals surface area contributed by atoms with Crippen molar-refractivity contribution in [2.24, 2.45) is 0 Å². The maximum absolute atomic E-state index is 9.97. The Hall–Kier alpha value is -1.08. The van der Waals surface area contributed by atoms with Crippen LogP contribution < -0.4 is 5.46 Å². The van der Waals surface area contributed by atoms with E-state index in [0.29, 0.717) is 11.6 Å². The SMILES string of the molecule is CC(C)(O)Cn1cc2c(Cl)c(B3OC(C)(C)C(C)(C)O3)ccc2n1. The van der Waals surface area contributed by atoms with Crippen LogP contribution in [0.5, 0.6) is 0 Å². The normalized spacial score (nSPS) is 20.1. The van der Waals surface area contributed by atoms with E-state index in [2.05, 4.69) is 5.10 Å². The molecule has 1 fully saturated rings. The average molecular weight is 351 g/mol. The second-order valence-electron chi connectivity index (χ2n) is 8.13. The van der Waals surface area contributed by atoms with Gasteiger partial charge in [0.15, 0.2) is 0 Å². The number of hydrogen-bond donors (Lipinski definition) is 1.